The van der Waals surface area contributed by atoms with Crippen LogP contribution in [-0.4, -0.2) is 30.3 Å². The molecule has 10 heteroatoms. The van der Waals surface area contributed by atoms with Gasteiger partial charge in [-0.25, -0.2) is 4.79 Å². The van der Waals surface area contributed by atoms with Gasteiger partial charge in [0.15, 0.2) is 11.9 Å². The van der Waals surface area contributed by atoms with Gasteiger partial charge in [0.2, 0.25) is 0 Å². The number of nitrogens with zero attached hydrogens (tertiary/aromatic N) is 1. The van der Waals surface area contributed by atoms with Crippen LogP contribution in [0, 0.1) is 11.3 Å². The highest BCUT2D eigenvalue weighted by molar-refractivity contribution is 6.02. The molecule has 0 saturated carbocycles. The fourth-order valence-electron chi connectivity index (χ4n) is 5.51. The van der Waals surface area contributed by atoms with Crippen LogP contribution in [0.3, 0.4) is 0 Å². The molecule has 4 aromatic carbocycles. The Morgan fingerprint density at radius 2 is 1.45 bits per heavy atom. The van der Waals surface area contributed by atoms with Crippen LogP contribution in [0.25, 0.3) is 0 Å². The summed E-state index contributed by atoms with van der Waals surface area (Å²) in [5.74, 6) is 1.18. The standard InChI is InChI=1S/C43H52N4O6/c1-9-12-13-38(53-37-23-16-29(42(4,5)10-2)24-33(37)43(6,7)11-3)40(49)46-35-25-36(48)34(26-39(35)52-32-21-19-31(51-8)20-22-32)47-41(50)45-30-17-14-28(27-44)15-18-30/h14-26,38,48H,9-13H2,1-8H3,(H,46,49)(H2,45,47,50). The SMILES string of the molecule is CCCCC(Oc1ccc(C(C)(C)CC)cc1C(C)(C)CC)C(=O)Nc1cc(O)c(NC(=O)Nc2ccc(C#N)cc2)cc1Oc1ccc(OC)cc1. The number of methoxy groups -OCH3 is 1. The molecule has 3 amide bonds. The van der Waals surface area contributed by atoms with Crippen molar-refractivity contribution in [2.45, 2.75) is 97.5 Å². The van der Waals surface area contributed by atoms with Crippen molar-refractivity contribution in [3.63, 3.8) is 0 Å². The van der Waals surface area contributed by atoms with Crippen molar-refractivity contribution in [1.82, 2.24) is 0 Å². The third-order valence-corrected chi connectivity index (χ3v) is 9.80. The molecule has 0 aliphatic heterocycles. The summed E-state index contributed by atoms with van der Waals surface area (Å²) in [4.78, 5) is 27.1. The van der Waals surface area contributed by atoms with Crippen molar-refractivity contribution in [3.8, 4) is 34.8 Å². The molecule has 4 N–H and O–H groups in total. The second kappa shape index (κ2) is 17.7. The number of phenols is 1. The van der Waals surface area contributed by atoms with Gasteiger partial charge in [-0.05, 0) is 96.7 Å². The summed E-state index contributed by atoms with van der Waals surface area (Å²) in [6.07, 6.45) is 3.09. The highest BCUT2D eigenvalue weighted by atomic mass is 16.5. The molecule has 0 saturated heterocycles. The average Bonchev–Trinajstić information content (AvgIpc) is 3.15. The minimum atomic E-state index is -0.849. The summed E-state index contributed by atoms with van der Waals surface area (Å²) in [6.45, 7) is 15.2. The number of amides is 3. The van der Waals surface area contributed by atoms with E-state index in [0.29, 0.717) is 34.9 Å². The van der Waals surface area contributed by atoms with E-state index in [9.17, 15) is 14.7 Å². The largest absolute Gasteiger partial charge is 0.506 e. The van der Waals surface area contributed by atoms with Gasteiger partial charge in [0.05, 0.1) is 30.1 Å². The molecule has 10 nitrogen and oxygen atoms in total. The quantitative estimate of drug-likeness (QED) is 0.0844. The highest BCUT2D eigenvalue weighted by Crippen LogP contribution is 2.41. The molecule has 0 bridgehead atoms. The van der Waals surface area contributed by atoms with Crippen molar-refractivity contribution in [1.29, 1.82) is 5.26 Å². The van der Waals surface area contributed by atoms with E-state index in [2.05, 4.69) is 76.5 Å². The van der Waals surface area contributed by atoms with Gasteiger partial charge in [-0.3, -0.25) is 4.79 Å². The van der Waals surface area contributed by atoms with Crippen LogP contribution in [0.5, 0.6) is 28.7 Å². The molecule has 280 valence electrons. The molecule has 4 aromatic rings. The highest BCUT2D eigenvalue weighted by Gasteiger charge is 2.30. The fraction of sp³-hybridized carbons (Fsp3) is 0.372. The van der Waals surface area contributed by atoms with E-state index in [0.717, 1.165) is 31.2 Å². The molecule has 0 aromatic heterocycles. The third-order valence-electron chi connectivity index (χ3n) is 9.80. The van der Waals surface area contributed by atoms with Crippen LogP contribution < -0.4 is 30.2 Å². The zero-order valence-corrected chi connectivity index (χ0v) is 32.1. The molecule has 0 aliphatic carbocycles. The Bertz CT molecular complexity index is 1910. The van der Waals surface area contributed by atoms with E-state index in [1.54, 1.807) is 55.6 Å². The number of nitrogens with one attached hydrogen (secondary N) is 3. The molecule has 53 heavy (non-hydrogen) atoms. The first-order valence-electron chi connectivity index (χ1n) is 18.1. The summed E-state index contributed by atoms with van der Waals surface area (Å²) >= 11 is 0. The van der Waals surface area contributed by atoms with Crippen molar-refractivity contribution in [3.05, 3.63) is 95.6 Å². The maximum atomic E-state index is 14.1. The predicted molar refractivity (Wildman–Crippen MR) is 211 cm³/mol. The molecule has 0 heterocycles. The van der Waals surface area contributed by atoms with E-state index < -0.39 is 18.0 Å². The second-order valence-corrected chi connectivity index (χ2v) is 14.3. The number of phenolic OH excluding ortho intramolecular Hbond substituents is 1. The zero-order chi connectivity index (χ0) is 38.8. The molecule has 0 fully saturated rings. The van der Waals surface area contributed by atoms with Gasteiger partial charge < -0.3 is 35.3 Å². The maximum Gasteiger partial charge on any atom is 0.323 e. The Morgan fingerprint density at radius 1 is 0.792 bits per heavy atom. The van der Waals surface area contributed by atoms with Gasteiger partial charge in [-0.15, -0.1) is 0 Å². The van der Waals surface area contributed by atoms with E-state index >= 15 is 0 Å². The molecule has 0 radical (unpaired) electrons. The van der Waals surface area contributed by atoms with Crippen LogP contribution in [0.2, 0.25) is 0 Å². The molecular weight excluding hydrogens is 668 g/mol. The maximum absolute atomic E-state index is 14.1. The van der Waals surface area contributed by atoms with Crippen molar-refractivity contribution in [2.75, 3.05) is 23.1 Å². The number of benzene rings is 4. The summed E-state index contributed by atoms with van der Waals surface area (Å²) < 4.78 is 18.1. The van der Waals surface area contributed by atoms with Crippen LogP contribution >= 0.6 is 0 Å². The Labute approximate surface area is 313 Å². The van der Waals surface area contributed by atoms with Crippen LogP contribution in [-0.2, 0) is 15.6 Å². The fourth-order valence-corrected chi connectivity index (χ4v) is 5.51. The van der Waals surface area contributed by atoms with Crippen LogP contribution in [0.1, 0.15) is 97.3 Å². The summed E-state index contributed by atoms with van der Waals surface area (Å²) in [6, 6.07) is 23.7. The van der Waals surface area contributed by atoms with Crippen molar-refractivity contribution in [2.24, 2.45) is 0 Å². The summed E-state index contributed by atoms with van der Waals surface area (Å²) in [5.41, 5.74) is 3.15. The number of carbonyl (C=O) groups is 2. The molecule has 0 spiro atoms. The predicted octanol–water partition coefficient (Wildman–Crippen LogP) is 10.7. The molecule has 4 rings (SSSR count). The monoisotopic (exact) mass is 720 g/mol. The first-order chi connectivity index (χ1) is 25.2. The Kier molecular flexibility index (Phi) is 13.4. The third kappa shape index (κ3) is 10.4. The molecule has 1 atom stereocenters. The van der Waals surface area contributed by atoms with Crippen molar-refractivity contribution >= 4 is 29.0 Å². The number of urea groups is 1. The lowest BCUT2D eigenvalue weighted by Crippen LogP contribution is -2.34. The van der Waals surface area contributed by atoms with E-state index in [1.165, 1.54) is 17.7 Å². The molecule has 1 unspecified atom stereocenters. The number of carbonyl (C=O) groups excluding carboxylic acids is 2. The number of aromatic hydroxyl groups is 1. The van der Waals surface area contributed by atoms with E-state index in [-0.39, 0.29) is 33.7 Å². The van der Waals surface area contributed by atoms with Gasteiger partial charge in [0.25, 0.3) is 5.91 Å². The summed E-state index contributed by atoms with van der Waals surface area (Å²) in [5, 5.41) is 28.4. The number of hydrogen-bond donors (Lipinski definition) is 4. The van der Waals surface area contributed by atoms with E-state index in [1.807, 2.05) is 12.1 Å². The van der Waals surface area contributed by atoms with Gasteiger partial charge >= 0.3 is 6.03 Å². The summed E-state index contributed by atoms with van der Waals surface area (Å²) in [7, 11) is 1.56. The normalized spacial score (nSPS) is 11.9. The topological polar surface area (TPSA) is 142 Å². The van der Waals surface area contributed by atoms with Gasteiger partial charge in [-0.1, -0.05) is 67.0 Å². The average molecular weight is 721 g/mol. The molecular formula is C43H52N4O6. The van der Waals surface area contributed by atoms with E-state index in [4.69, 9.17) is 19.5 Å². The lowest BCUT2D eigenvalue weighted by Gasteiger charge is -2.31. The lowest BCUT2D eigenvalue weighted by molar-refractivity contribution is -0.123. The second-order valence-electron chi connectivity index (χ2n) is 14.3. The Hall–Kier alpha value is -5.69. The zero-order valence-electron chi connectivity index (χ0n) is 32.1. The van der Waals surface area contributed by atoms with Gasteiger partial charge in [-0.2, -0.15) is 5.26 Å². The number of hydrogen-bond acceptors (Lipinski definition) is 7. The number of nitriles is 1. The number of anilines is 3. The van der Waals surface area contributed by atoms with Crippen LogP contribution in [0.15, 0.2) is 78.9 Å². The number of unbranched alkanes of at least 4 members (excludes halogenated alkanes) is 1. The first kappa shape index (κ1) is 40.1. The minimum absolute atomic E-state index is 0.0241. The van der Waals surface area contributed by atoms with Gasteiger partial charge in [0.1, 0.15) is 23.0 Å². The number of ether oxygens (including phenoxy) is 3. The smallest absolute Gasteiger partial charge is 0.323 e. The van der Waals surface area contributed by atoms with Gasteiger partial charge in [0, 0.05) is 23.4 Å². The first-order valence-corrected chi connectivity index (χ1v) is 18.1. The number of rotatable bonds is 16. The lowest BCUT2D eigenvalue weighted by atomic mass is 9.76. The molecule has 0 aliphatic rings. The van der Waals surface area contributed by atoms with Crippen molar-refractivity contribution < 1.29 is 28.9 Å². The Morgan fingerprint density at radius 3 is 2.06 bits per heavy atom. The minimum Gasteiger partial charge on any atom is -0.506 e. The Balaban J connectivity index is 1.67. The van der Waals surface area contributed by atoms with Crippen LogP contribution in [0.4, 0.5) is 21.9 Å².